The Morgan fingerprint density at radius 1 is 1.10 bits per heavy atom. The Labute approximate surface area is 130 Å². The summed E-state index contributed by atoms with van der Waals surface area (Å²) in [5, 5.41) is 2.69. The standard InChI is InChI=1S/C15H15BrF2N2O/c1-8(2)21-12-6-10(19)5-11(7-12)20-15-13(17)3-9(16)4-14(15)18/h3-8,20H,19H2,1-2H3. The number of hydrogen-bond donors (Lipinski definition) is 2. The molecule has 0 unspecified atom stereocenters. The van der Waals surface area contributed by atoms with E-state index in [1.54, 1.807) is 18.2 Å². The molecule has 0 heterocycles. The van der Waals surface area contributed by atoms with Crippen LogP contribution in [-0.2, 0) is 0 Å². The predicted octanol–water partition coefficient (Wildman–Crippen LogP) is 4.84. The lowest BCUT2D eigenvalue weighted by molar-refractivity contribution is 0.242. The third kappa shape index (κ3) is 4.07. The topological polar surface area (TPSA) is 47.3 Å². The van der Waals surface area contributed by atoms with Gasteiger partial charge in [0, 0.05) is 28.0 Å². The van der Waals surface area contributed by atoms with Crippen LogP contribution in [0.1, 0.15) is 13.8 Å². The van der Waals surface area contributed by atoms with Gasteiger partial charge in [0.25, 0.3) is 0 Å². The second-order valence-electron chi connectivity index (χ2n) is 4.83. The van der Waals surface area contributed by atoms with E-state index in [1.165, 1.54) is 12.1 Å². The molecule has 0 aliphatic carbocycles. The molecule has 6 heteroatoms. The van der Waals surface area contributed by atoms with Gasteiger partial charge in [-0.1, -0.05) is 15.9 Å². The SMILES string of the molecule is CC(C)Oc1cc(N)cc(Nc2c(F)cc(Br)cc2F)c1. The van der Waals surface area contributed by atoms with Crippen molar-refractivity contribution in [3.05, 3.63) is 46.4 Å². The molecule has 0 fully saturated rings. The fourth-order valence-electron chi connectivity index (χ4n) is 1.84. The molecule has 21 heavy (non-hydrogen) atoms. The zero-order chi connectivity index (χ0) is 15.6. The monoisotopic (exact) mass is 356 g/mol. The molecule has 112 valence electrons. The number of benzene rings is 2. The Hall–Kier alpha value is -1.82. The molecule has 0 radical (unpaired) electrons. The van der Waals surface area contributed by atoms with Gasteiger partial charge in [-0.15, -0.1) is 0 Å². The van der Waals surface area contributed by atoms with E-state index < -0.39 is 11.6 Å². The van der Waals surface area contributed by atoms with Crippen molar-refractivity contribution in [2.24, 2.45) is 0 Å². The van der Waals surface area contributed by atoms with Gasteiger partial charge in [-0.25, -0.2) is 8.78 Å². The molecule has 3 N–H and O–H groups in total. The van der Waals surface area contributed by atoms with E-state index in [1.807, 2.05) is 13.8 Å². The average Bonchev–Trinajstić information content (AvgIpc) is 2.32. The summed E-state index contributed by atoms with van der Waals surface area (Å²) in [5.74, 6) is -0.864. The van der Waals surface area contributed by atoms with Crippen LogP contribution in [0.15, 0.2) is 34.8 Å². The van der Waals surface area contributed by atoms with Crippen LogP contribution in [0.4, 0.5) is 25.8 Å². The van der Waals surface area contributed by atoms with Crippen molar-refractivity contribution >= 4 is 33.0 Å². The first-order valence-electron chi connectivity index (χ1n) is 6.34. The van der Waals surface area contributed by atoms with Gasteiger partial charge in [0.05, 0.1) is 6.10 Å². The third-order valence-corrected chi connectivity index (χ3v) is 3.03. The minimum Gasteiger partial charge on any atom is -0.491 e. The van der Waals surface area contributed by atoms with Gasteiger partial charge in [-0.2, -0.15) is 0 Å². The van der Waals surface area contributed by atoms with E-state index in [-0.39, 0.29) is 11.8 Å². The Morgan fingerprint density at radius 2 is 1.71 bits per heavy atom. The lowest BCUT2D eigenvalue weighted by Crippen LogP contribution is -2.06. The van der Waals surface area contributed by atoms with Crippen LogP contribution in [0.5, 0.6) is 5.75 Å². The molecule has 0 atom stereocenters. The highest BCUT2D eigenvalue weighted by Gasteiger charge is 2.12. The summed E-state index contributed by atoms with van der Waals surface area (Å²) in [6, 6.07) is 7.23. The fourth-order valence-corrected chi connectivity index (χ4v) is 2.24. The Morgan fingerprint density at radius 3 is 2.29 bits per heavy atom. The van der Waals surface area contributed by atoms with Crippen molar-refractivity contribution in [1.82, 2.24) is 0 Å². The van der Waals surface area contributed by atoms with Crippen LogP contribution in [0, 0.1) is 11.6 Å². The zero-order valence-electron chi connectivity index (χ0n) is 11.6. The van der Waals surface area contributed by atoms with Crippen molar-refractivity contribution in [2.75, 3.05) is 11.1 Å². The first-order chi connectivity index (χ1) is 9.85. The quantitative estimate of drug-likeness (QED) is 0.770. The molecular formula is C15H15BrF2N2O. The second-order valence-corrected chi connectivity index (χ2v) is 5.74. The van der Waals surface area contributed by atoms with Gasteiger partial charge in [0.15, 0.2) is 11.6 Å². The number of halogens is 3. The number of anilines is 3. The predicted molar refractivity (Wildman–Crippen MR) is 84.0 cm³/mol. The Kier molecular flexibility index (Phi) is 4.67. The van der Waals surface area contributed by atoms with Gasteiger partial charge in [0.1, 0.15) is 11.4 Å². The van der Waals surface area contributed by atoms with Gasteiger partial charge in [-0.3, -0.25) is 0 Å². The van der Waals surface area contributed by atoms with Crippen molar-refractivity contribution < 1.29 is 13.5 Å². The summed E-state index contributed by atoms with van der Waals surface area (Å²) >= 11 is 3.04. The largest absolute Gasteiger partial charge is 0.491 e. The summed E-state index contributed by atoms with van der Waals surface area (Å²) in [6.07, 6.45) is -0.0270. The van der Waals surface area contributed by atoms with Crippen molar-refractivity contribution in [3.8, 4) is 5.75 Å². The number of ether oxygens (including phenoxy) is 1. The second kappa shape index (κ2) is 6.30. The molecule has 3 nitrogen and oxygen atoms in total. The molecule has 2 rings (SSSR count). The van der Waals surface area contributed by atoms with Crippen molar-refractivity contribution in [2.45, 2.75) is 20.0 Å². The van der Waals surface area contributed by atoms with Crippen LogP contribution in [0.3, 0.4) is 0 Å². The third-order valence-electron chi connectivity index (χ3n) is 2.58. The normalized spacial score (nSPS) is 10.8. The maximum Gasteiger partial charge on any atom is 0.150 e. The fraction of sp³-hybridized carbons (Fsp3) is 0.200. The number of rotatable bonds is 4. The van der Waals surface area contributed by atoms with Gasteiger partial charge >= 0.3 is 0 Å². The molecule has 0 aliphatic rings. The first-order valence-corrected chi connectivity index (χ1v) is 7.13. The van der Waals surface area contributed by atoms with Crippen LogP contribution in [0.2, 0.25) is 0 Å². The summed E-state index contributed by atoms with van der Waals surface area (Å²) in [4.78, 5) is 0. The lowest BCUT2D eigenvalue weighted by atomic mass is 10.2. The number of nitrogens with two attached hydrogens (primary N) is 1. The zero-order valence-corrected chi connectivity index (χ0v) is 13.2. The van der Waals surface area contributed by atoms with E-state index in [4.69, 9.17) is 10.5 Å². The highest BCUT2D eigenvalue weighted by Crippen LogP contribution is 2.30. The number of hydrogen-bond acceptors (Lipinski definition) is 3. The minimum atomic E-state index is -0.698. The highest BCUT2D eigenvalue weighted by atomic mass is 79.9. The van der Waals surface area contributed by atoms with Gasteiger partial charge in [-0.05, 0) is 32.0 Å². The van der Waals surface area contributed by atoms with Crippen LogP contribution >= 0.6 is 15.9 Å². The van der Waals surface area contributed by atoms with Crippen LogP contribution < -0.4 is 15.8 Å². The Bertz CT molecular complexity index is 639. The molecule has 0 amide bonds. The molecule has 0 spiro atoms. The van der Waals surface area contributed by atoms with E-state index in [0.717, 1.165) is 0 Å². The molecule has 2 aromatic carbocycles. The van der Waals surface area contributed by atoms with E-state index in [2.05, 4.69) is 21.2 Å². The van der Waals surface area contributed by atoms with E-state index >= 15 is 0 Å². The molecular weight excluding hydrogens is 342 g/mol. The summed E-state index contributed by atoms with van der Waals surface area (Å²) in [5.41, 5.74) is 6.43. The van der Waals surface area contributed by atoms with Crippen LogP contribution in [0.25, 0.3) is 0 Å². The van der Waals surface area contributed by atoms with E-state index in [9.17, 15) is 8.78 Å². The molecule has 2 aromatic rings. The summed E-state index contributed by atoms with van der Waals surface area (Å²) in [6.45, 7) is 3.76. The van der Waals surface area contributed by atoms with E-state index in [0.29, 0.717) is 21.6 Å². The van der Waals surface area contributed by atoms with Gasteiger partial charge in [0.2, 0.25) is 0 Å². The van der Waals surface area contributed by atoms with Crippen molar-refractivity contribution in [1.29, 1.82) is 0 Å². The number of nitrogens with one attached hydrogen (secondary N) is 1. The Balaban J connectivity index is 2.33. The highest BCUT2D eigenvalue weighted by molar-refractivity contribution is 9.10. The lowest BCUT2D eigenvalue weighted by Gasteiger charge is -2.14. The molecule has 0 saturated heterocycles. The average molecular weight is 357 g/mol. The van der Waals surface area contributed by atoms with Crippen LogP contribution in [-0.4, -0.2) is 6.10 Å². The molecule has 0 bridgehead atoms. The smallest absolute Gasteiger partial charge is 0.150 e. The first kappa shape index (κ1) is 15.6. The number of nitrogen functional groups attached to an aromatic ring is 1. The maximum absolute atomic E-state index is 13.8. The molecule has 0 aromatic heterocycles. The molecule has 0 saturated carbocycles. The molecule has 0 aliphatic heterocycles. The summed E-state index contributed by atoms with van der Waals surface area (Å²) in [7, 11) is 0. The maximum atomic E-state index is 13.8. The van der Waals surface area contributed by atoms with Gasteiger partial charge < -0.3 is 15.8 Å². The summed E-state index contributed by atoms with van der Waals surface area (Å²) < 4.78 is 33.5. The van der Waals surface area contributed by atoms with Crippen molar-refractivity contribution in [3.63, 3.8) is 0 Å². The minimum absolute atomic E-state index is 0.0270.